The van der Waals surface area contributed by atoms with E-state index in [1.165, 1.54) is 0 Å². The topological polar surface area (TPSA) is 57.1 Å². The number of nitrogens with zero attached hydrogens (tertiary/aromatic N) is 2. The first-order valence-electron chi connectivity index (χ1n) is 6.65. The number of benzene rings is 1. The van der Waals surface area contributed by atoms with Gasteiger partial charge in [-0.1, -0.05) is 42.0 Å². The van der Waals surface area contributed by atoms with Gasteiger partial charge in [0.1, 0.15) is 12.3 Å². The molecule has 0 spiro atoms. The van der Waals surface area contributed by atoms with Crippen LogP contribution in [0.1, 0.15) is 18.1 Å². The van der Waals surface area contributed by atoms with E-state index >= 15 is 0 Å². The van der Waals surface area contributed by atoms with Crippen LogP contribution in [0.4, 0.5) is 0 Å². The van der Waals surface area contributed by atoms with E-state index in [1.807, 2.05) is 17.0 Å². The Labute approximate surface area is 134 Å². The zero-order chi connectivity index (χ0) is 15.2. The van der Waals surface area contributed by atoms with Crippen molar-refractivity contribution < 1.29 is 9.84 Å². The highest BCUT2D eigenvalue weighted by Crippen LogP contribution is 2.26. The van der Waals surface area contributed by atoms with Crippen LogP contribution in [0.5, 0.6) is 0 Å². The van der Waals surface area contributed by atoms with E-state index in [1.54, 1.807) is 24.6 Å². The Kier molecular flexibility index (Phi) is 5.93. The van der Waals surface area contributed by atoms with Crippen LogP contribution in [0.15, 0.2) is 29.4 Å². The number of amidine groups is 1. The Morgan fingerprint density at radius 1 is 1.57 bits per heavy atom. The van der Waals surface area contributed by atoms with Gasteiger partial charge in [0.15, 0.2) is 5.84 Å². The number of halogens is 1. The number of hydrazone groups is 1. The fourth-order valence-corrected chi connectivity index (χ4v) is 2.65. The lowest BCUT2D eigenvalue weighted by molar-refractivity contribution is 0.178. The highest BCUT2D eigenvalue weighted by atomic mass is 35.5. The Bertz CT molecular complexity index is 527. The van der Waals surface area contributed by atoms with Gasteiger partial charge >= 0.3 is 0 Å². The van der Waals surface area contributed by atoms with Gasteiger partial charge in [-0.05, 0) is 12.5 Å². The normalized spacial score (nSPS) is 19.1. The van der Waals surface area contributed by atoms with Gasteiger partial charge in [0, 0.05) is 36.2 Å². The molecular weight excluding hydrogens is 310 g/mol. The fraction of sp³-hybridized carbons (Fsp3) is 0.429. The molecule has 21 heavy (non-hydrogen) atoms. The number of aliphatic hydroxyl groups is 1. The minimum Gasteiger partial charge on any atom is -0.385 e. The van der Waals surface area contributed by atoms with Crippen molar-refractivity contribution in [3.63, 3.8) is 0 Å². The number of methoxy groups -OCH3 is 1. The molecule has 0 saturated heterocycles. The molecule has 1 aliphatic rings. The van der Waals surface area contributed by atoms with Crippen LogP contribution >= 0.6 is 23.8 Å². The maximum atomic E-state index is 10.6. The van der Waals surface area contributed by atoms with Crippen molar-refractivity contribution in [1.29, 1.82) is 0 Å². The van der Waals surface area contributed by atoms with E-state index in [9.17, 15) is 5.11 Å². The van der Waals surface area contributed by atoms with Gasteiger partial charge in [-0.15, -0.1) is 0 Å². The van der Waals surface area contributed by atoms with E-state index in [-0.39, 0.29) is 6.17 Å². The Hall–Kier alpha value is -1.21. The number of thiocarbonyl (C=S) groups is 1. The van der Waals surface area contributed by atoms with Gasteiger partial charge in [0.25, 0.3) is 0 Å². The number of ether oxygens (including phenoxy) is 1. The van der Waals surface area contributed by atoms with Gasteiger partial charge in [-0.2, -0.15) is 5.10 Å². The molecule has 1 aromatic rings. The van der Waals surface area contributed by atoms with E-state index in [4.69, 9.17) is 28.6 Å². The molecule has 0 aliphatic carbocycles. The van der Waals surface area contributed by atoms with Crippen molar-refractivity contribution >= 4 is 35.0 Å². The van der Waals surface area contributed by atoms with Crippen LogP contribution < -0.4 is 5.43 Å². The van der Waals surface area contributed by atoms with Crippen LogP contribution in [0.3, 0.4) is 0 Å². The Morgan fingerprint density at radius 2 is 2.33 bits per heavy atom. The molecule has 0 saturated carbocycles. The number of aliphatic hydroxyl groups excluding tert-OH is 1. The van der Waals surface area contributed by atoms with Crippen molar-refractivity contribution in [2.45, 2.75) is 18.7 Å². The number of hydrogen-bond donors (Lipinski definition) is 2. The quantitative estimate of drug-likeness (QED) is 0.592. The molecule has 2 rings (SSSR count). The van der Waals surface area contributed by atoms with E-state index in [0.29, 0.717) is 29.6 Å². The molecule has 114 valence electrons. The van der Waals surface area contributed by atoms with E-state index in [2.05, 4.69) is 10.5 Å². The number of nitrogens with one attached hydrogen (secondary N) is 1. The average Bonchev–Trinajstić information content (AvgIpc) is 2.90. The van der Waals surface area contributed by atoms with Crippen molar-refractivity contribution in [1.82, 2.24) is 10.3 Å². The lowest BCUT2D eigenvalue weighted by Crippen LogP contribution is -2.43. The second-order valence-electron chi connectivity index (χ2n) is 4.64. The van der Waals surface area contributed by atoms with Crippen LogP contribution in [-0.4, -0.2) is 47.6 Å². The average molecular weight is 328 g/mol. The third-order valence-corrected chi connectivity index (χ3v) is 3.86. The van der Waals surface area contributed by atoms with Gasteiger partial charge in [0.05, 0.1) is 0 Å². The Morgan fingerprint density at radius 3 is 3.00 bits per heavy atom. The minimum atomic E-state index is -0.895. The van der Waals surface area contributed by atoms with Crippen LogP contribution in [-0.2, 0) is 4.74 Å². The number of hydrogen-bond acceptors (Lipinski definition) is 6. The molecule has 7 heteroatoms. The molecule has 0 fully saturated rings. The monoisotopic (exact) mass is 327 g/mol. The maximum Gasteiger partial charge on any atom is 0.160 e. The predicted molar refractivity (Wildman–Crippen MR) is 87.6 cm³/mol. The molecule has 2 unspecified atom stereocenters. The van der Waals surface area contributed by atoms with Crippen molar-refractivity contribution in [3.8, 4) is 0 Å². The summed E-state index contributed by atoms with van der Waals surface area (Å²) in [5.41, 5.74) is 3.54. The fourth-order valence-electron chi connectivity index (χ4n) is 2.20. The Balaban J connectivity index is 2.16. The summed E-state index contributed by atoms with van der Waals surface area (Å²) >= 11 is 11.1. The molecule has 0 bridgehead atoms. The summed E-state index contributed by atoms with van der Waals surface area (Å²) in [6.45, 7) is 1.31. The molecule has 0 radical (unpaired) electrons. The van der Waals surface area contributed by atoms with Gasteiger partial charge in [0.2, 0.25) is 0 Å². The summed E-state index contributed by atoms with van der Waals surface area (Å²) in [6, 6.07) is 7.19. The number of rotatable bonds is 7. The SMILES string of the molecule is COCCCN1C(C(O)c2ccccc2Cl)=NNC1C=S. The zero-order valence-electron chi connectivity index (χ0n) is 11.7. The predicted octanol–water partition coefficient (Wildman–Crippen LogP) is 1.95. The highest BCUT2D eigenvalue weighted by Gasteiger charge is 2.31. The highest BCUT2D eigenvalue weighted by molar-refractivity contribution is 7.79. The van der Waals surface area contributed by atoms with Gasteiger partial charge in [-0.25, -0.2) is 0 Å². The lowest BCUT2D eigenvalue weighted by atomic mass is 10.1. The molecule has 0 aromatic heterocycles. The molecule has 1 aliphatic heterocycles. The van der Waals surface area contributed by atoms with Crippen LogP contribution in [0, 0.1) is 0 Å². The van der Waals surface area contributed by atoms with Crippen molar-refractivity contribution in [2.75, 3.05) is 20.3 Å². The summed E-state index contributed by atoms with van der Waals surface area (Å²) < 4.78 is 5.06. The van der Waals surface area contributed by atoms with E-state index < -0.39 is 6.10 Å². The largest absolute Gasteiger partial charge is 0.385 e. The molecular formula is C14H18ClN3O2S. The first kappa shape index (κ1) is 16.2. The minimum absolute atomic E-state index is 0.205. The third-order valence-electron chi connectivity index (χ3n) is 3.26. The summed E-state index contributed by atoms with van der Waals surface area (Å²) in [6.07, 6.45) is -0.288. The molecule has 1 aromatic carbocycles. The van der Waals surface area contributed by atoms with Gasteiger partial charge in [-0.3, -0.25) is 5.43 Å². The first-order valence-corrected chi connectivity index (χ1v) is 7.50. The molecule has 0 amide bonds. The molecule has 5 nitrogen and oxygen atoms in total. The standard InChI is InChI=1S/C14H18ClN3O2S/c1-20-8-4-7-18-12(9-21)16-17-14(18)13(19)10-5-2-3-6-11(10)15/h2-3,5-6,9,12-13,16,19H,4,7-8H2,1H3. The van der Waals surface area contributed by atoms with E-state index in [0.717, 1.165) is 6.42 Å². The van der Waals surface area contributed by atoms with Crippen molar-refractivity contribution in [2.24, 2.45) is 5.10 Å². The summed E-state index contributed by atoms with van der Waals surface area (Å²) in [7, 11) is 1.66. The second-order valence-corrected chi connectivity index (χ2v) is 5.32. The van der Waals surface area contributed by atoms with Gasteiger partial charge < -0.3 is 14.7 Å². The second kappa shape index (κ2) is 7.70. The third kappa shape index (κ3) is 3.71. The maximum absolute atomic E-state index is 10.6. The summed E-state index contributed by atoms with van der Waals surface area (Å²) in [5, 5.41) is 16.9. The van der Waals surface area contributed by atoms with Crippen LogP contribution in [0.2, 0.25) is 5.02 Å². The zero-order valence-corrected chi connectivity index (χ0v) is 13.3. The smallest absolute Gasteiger partial charge is 0.160 e. The summed E-state index contributed by atoms with van der Waals surface area (Å²) in [5.74, 6) is 0.519. The van der Waals surface area contributed by atoms with Crippen molar-refractivity contribution in [3.05, 3.63) is 34.9 Å². The lowest BCUT2D eigenvalue weighted by Gasteiger charge is -2.27. The molecule has 1 heterocycles. The molecule has 2 N–H and O–H groups in total. The van der Waals surface area contributed by atoms with Crippen LogP contribution in [0.25, 0.3) is 0 Å². The summed E-state index contributed by atoms with van der Waals surface area (Å²) in [4.78, 5) is 1.93. The molecule has 2 atom stereocenters. The first-order chi connectivity index (χ1) is 10.2.